The van der Waals surface area contributed by atoms with Crippen LogP contribution in [-0.4, -0.2) is 56.2 Å². The molecular formula is C19H35NO6. The number of amides is 1. The van der Waals surface area contributed by atoms with Crippen LogP contribution in [0.4, 0.5) is 4.79 Å². The van der Waals surface area contributed by atoms with E-state index in [1.165, 1.54) is 0 Å². The van der Waals surface area contributed by atoms with Crippen molar-refractivity contribution in [3.63, 3.8) is 0 Å². The number of hydrogen-bond donors (Lipinski definition) is 1. The van der Waals surface area contributed by atoms with Gasteiger partial charge in [0.15, 0.2) is 0 Å². The third-order valence-electron chi connectivity index (χ3n) is 3.83. The first-order valence-electron chi connectivity index (χ1n) is 9.63. The van der Waals surface area contributed by atoms with Crippen molar-refractivity contribution >= 4 is 12.1 Å². The number of epoxide rings is 1. The molecule has 152 valence electrons. The second-order valence-corrected chi connectivity index (χ2v) is 7.59. The van der Waals surface area contributed by atoms with E-state index in [2.05, 4.69) is 12.2 Å². The van der Waals surface area contributed by atoms with E-state index in [1.54, 1.807) is 0 Å². The molecule has 1 aliphatic heterocycles. The lowest BCUT2D eigenvalue weighted by Gasteiger charge is -2.19. The Labute approximate surface area is 157 Å². The molecule has 2 atom stereocenters. The smallest absolute Gasteiger partial charge is 0.407 e. The van der Waals surface area contributed by atoms with Crippen LogP contribution in [0, 0.1) is 0 Å². The van der Waals surface area contributed by atoms with Gasteiger partial charge in [0, 0.05) is 19.6 Å². The Morgan fingerprint density at radius 1 is 1.04 bits per heavy atom. The van der Waals surface area contributed by atoms with E-state index in [4.69, 9.17) is 18.9 Å². The molecule has 1 N–H and O–H groups in total. The highest BCUT2D eigenvalue weighted by molar-refractivity contribution is 5.69. The first-order valence-corrected chi connectivity index (χ1v) is 9.63. The molecular weight excluding hydrogens is 338 g/mol. The molecule has 0 aromatic heterocycles. The van der Waals surface area contributed by atoms with Gasteiger partial charge in [-0.15, -0.1) is 0 Å². The van der Waals surface area contributed by atoms with Crippen LogP contribution < -0.4 is 5.32 Å². The number of ether oxygens (including phenoxy) is 4. The molecule has 1 amide bonds. The zero-order valence-corrected chi connectivity index (χ0v) is 16.7. The van der Waals surface area contributed by atoms with Crippen LogP contribution in [0.3, 0.4) is 0 Å². The van der Waals surface area contributed by atoms with Gasteiger partial charge >= 0.3 is 12.1 Å². The second-order valence-electron chi connectivity index (χ2n) is 7.59. The summed E-state index contributed by atoms with van der Waals surface area (Å²) in [5.74, 6) is -0.200. The molecule has 1 rings (SSSR count). The molecule has 0 spiro atoms. The largest absolute Gasteiger partial charge is 0.463 e. The Balaban J connectivity index is 1.81. The first kappa shape index (κ1) is 22.7. The summed E-state index contributed by atoms with van der Waals surface area (Å²) >= 11 is 0. The Kier molecular flexibility index (Phi) is 10.6. The SMILES string of the molecule is CC1OC1CCCOCCOC(=O)CCCCCNC(=O)OC(C)(C)C. The molecule has 1 saturated heterocycles. The van der Waals surface area contributed by atoms with Gasteiger partial charge in [-0.2, -0.15) is 0 Å². The molecule has 0 aliphatic carbocycles. The number of carbonyl (C=O) groups excluding carboxylic acids is 2. The Hall–Kier alpha value is -1.34. The van der Waals surface area contributed by atoms with Crippen molar-refractivity contribution in [3.05, 3.63) is 0 Å². The van der Waals surface area contributed by atoms with Crippen LogP contribution in [0.2, 0.25) is 0 Å². The zero-order chi connectivity index (χ0) is 19.4. The summed E-state index contributed by atoms with van der Waals surface area (Å²) in [6.45, 7) is 9.51. The summed E-state index contributed by atoms with van der Waals surface area (Å²) in [6.07, 6.45) is 5.21. The molecule has 26 heavy (non-hydrogen) atoms. The standard InChI is InChI=1S/C19H35NO6/c1-15-16(25-15)9-8-12-23-13-14-24-17(21)10-6-5-7-11-20-18(22)26-19(2,3)4/h15-16H,5-14H2,1-4H3,(H,20,22). The molecule has 7 nitrogen and oxygen atoms in total. The fraction of sp³-hybridized carbons (Fsp3) is 0.895. The summed E-state index contributed by atoms with van der Waals surface area (Å²) in [7, 11) is 0. The van der Waals surface area contributed by atoms with E-state index < -0.39 is 11.7 Å². The number of unbranched alkanes of at least 4 members (excludes halogenated alkanes) is 2. The number of esters is 1. The van der Waals surface area contributed by atoms with Crippen molar-refractivity contribution < 1.29 is 28.5 Å². The van der Waals surface area contributed by atoms with E-state index in [-0.39, 0.29) is 5.97 Å². The summed E-state index contributed by atoms with van der Waals surface area (Å²) < 4.78 is 21.0. The monoisotopic (exact) mass is 373 g/mol. The highest BCUT2D eigenvalue weighted by atomic mass is 16.6. The van der Waals surface area contributed by atoms with Gasteiger partial charge in [-0.3, -0.25) is 4.79 Å². The molecule has 1 fully saturated rings. The predicted molar refractivity (Wildman–Crippen MR) is 98.1 cm³/mol. The van der Waals surface area contributed by atoms with Gasteiger partial charge in [0.1, 0.15) is 12.2 Å². The van der Waals surface area contributed by atoms with Crippen molar-refractivity contribution in [1.82, 2.24) is 5.32 Å². The van der Waals surface area contributed by atoms with Crippen LogP contribution in [0.15, 0.2) is 0 Å². The molecule has 0 bridgehead atoms. The van der Waals surface area contributed by atoms with Gasteiger partial charge in [-0.05, 0) is 53.4 Å². The highest BCUT2D eigenvalue weighted by Gasteiger charge is 2.32. The summed E-state index contributed by atoms with van der Waals surface area (Å²) in [5, 5.41) is 2.70. The van der Waals surface area contributed by atoms with Crippen LogP contribution in [0.1, 0.15) is 66.2 Å². The number of rotatable bonds is 13. The predicted octanol–water partition coefficient (Wildman–Crippen LogP) is 3.20. The summed E-state index contributed by atoms with van der Waals surface area (Å²) in [4.78, 5) is 23.0. The maximum absolute atomic E-state index is 11.6. The molecule has 2 unspecified atom stereocenters. The lowest BCUT2D eigenvalue weighted by atomic mass is 10.2. The quantitative estimate of drug-likeness (QED) is 0.303. The molecule has 0 radical (unpaired) electrons. The average molecular weight is 373 g/mol. The zero-order valence-electron chi connectivity index (χ0n) is 16.7. The van der Waals surface area contributed by atoms with E-state index in [0.717, 1.165) is 32.1 Å². The fourth-order valence-electron chi connectivity index (χ4n) is 2.38. The van der Waals surface area contributed by atoms with E-state index in [1.807, 2.05) is 20.8 Å². The second kappa shape index (κ2) is 12.1. The van der Waals surface area contributed by atoms with Gasteiger partial charge in [0.2, 0.25) is 0 Å². The molecule has 0 aromatic carbocycles. The van der Waals surface area contributed by atoms with E-state index in [9.17, 15) is 9.59 Å². The van der Waals surface area contributed by atoms with Gasteiger partial charge in [0.25, 0.3) is 0 Å². The molecule has 1 heterocycles. The Bertz CT molecular complexity index is 421. The topological polar surface area (TPSA) is 86.4 Å². The summed E-state index contributed by atoms with van der Waals surface area (Å²) in [6, 6.07) is 0. The van der Waals surface area contributed by atoms with Gasteiger partial charge in [-0.25, -0.2) is 4.79 Å². The fourth-order valence-corrected chi connectivity index (χ4v) is 2.38. The minimum Gasteiger partial charge on any atom is -0.463 e. The van der Waals surface area contributed by atoms with E-state index >= 15 is 0 Å². The maximum Gasteiger partial charge on any atom is 0.407 e. The third-order valence-corrected chi connectivity index (χ3v) is 3.83. The minimum atomic E-state index is -0.484. The number of carbonyl (C=O) groups is 2. The van der Waals surface area contributed by atoms with Crippen LogP contribution >= 0.6 is 0 Å². The van der Waals surface area contributed by atoms with Gasteiger partial charge in [-0.1, -0.05) is 6.42 Å². The third kappa shape index (κ3) is 12.9. The normalized spacial score (nSPS) is 19.1. The first-order chi connectivity index (χ1) is 12.3. The van der Waals surface area contributed by atoms with Crippen molar-refractivity contribution in [2.75, 3.05) is 26.4 Å². The molecule has 0 saturated carbocycles. The lowest BCUT2D eigenvalue weighted by molar-refractivity contribution is -0.145. The van der Waals surface area contributed by atoms with Crippen LogP contribution in [-0.2, 0) is 23.7 Å². The Morgan fingerprint density at radius 2 is 1.77 bits per heavy atom. The van der Waals surface area contributed by atoms with Crippen LogP contribution in [0.5, 0.6) is 0 Å². The molecule has 7 heteroatoms. The number of alkyl carbamates (subject to hydrolysis) is 1. The number of hydrogen-bond acceptors (Lipinski definition) is 6. The Morgan fingerprint density at radius 3 is 2.42 bits per heavy atom. The molecule has 1 aliphatic rings. The summed E-state index contributed by atoms with van der Waals surface area (Å²) in [5.41, 5.74) is -0.484. The minimum absolute atomic E-state index is 0.200. The maximum atomic E-state index is 11.6. The van der Waals surface area contributed by atoms with Crippen molar-refractivity contribution in [2.45, 2.75) is 84.0 Å². The van der Waals surface area contributed by atoms with Crippen molar-refractivity contribution in [1.29, 1.82) is 0 Å². The van der Waals surface area contributed by atoms with Crippen LogP contribution in [0.25, 0.3) is 0 Å². The van der Waals surface area contributed by atoms with Crippen molar-refractivity contribution in [2.24, 2.45) is 0 Å². The van der Waals surface area contributed by atoms with E-state index in [0.29, 0.717) is 45.0 Å². The van der Waals surface area contributed by atoms with Gasteiger partial charge < -0.3 is 24.3 Å². The number of nitrogens with one attached hydrogen (secondary N) is 1. The van der Waals surface area contributed by atoms with Gasteiger partial charge in [0.05, 0.1) is 18.8 Å². The van der Waals surface area contributed by atoms with Crippen molar-refractivity contribution in [3.8, 4) is 0 Å². The lowest BCUT2D eigenvalue weighted by Crippen LogP contribution is -2.32. The molecule has 0 aromatic rings. The average Bonchev–Trinajstić information content (AvgIpc) is 3.23. The highest BCUT2D eigenvalue weighted by Crippen LogP contribution is 2.25.